The Morgan fingerprint density at radius 3 is 2.67 bits per heavy atom. The van der Waals surface area contributed by atoms with E-state index < -0.39 is 4.92 Å². The van der Waals surface area contributed by atoms with Crippen LogP contribution in [0.3, 0.4) is 0 Å². The molecule has 0 fully saturated rings. The molecule has 0 radical (unpaired) electrons. The molecule has 1 N–H and O–H groups in total. The summed E-state index contributed by atoms with van der Waals surface area (Å²) >= 11 is 0. The van der Waals surface area contributed by atoms with Crippen LogP contribution in [0.25, 0.3) is 11.3 Å². The van der Waals surface area contributed by atoms with Crippen LogP contribution in [0.4, 0.5) is 5.69 Å². The van der Waals surface area contributed by atoms with Gasteiger partial charge in [-0.3, -0.25) is 14.9 Å². The summed E-state index contributed by atoms with van der Waals surface area (Å²) < 4.78 is 15.9. The Labute approximate surface area is 152 Å². The number of nitrogens with one attached hydrogen (secondary N) is 1. The van der Waals surface area contributed by atoms with E-state index >= 15 is 0 Å². The summed E-state index contributed by atoms with van der Waals surface area (Å²) in [5.74, 6) is 1.48. The lowest BCUT2D eigenvalue weighted by Gasteiger charge is -2.02. The highest BCUT2D eigenvalue weighted by molar-refractivity contribution is 5.94. The molecule has 0 saturated heterocycles. The second-order valence-electron chi connectivity index (χ2n) is 5.74. The van der Waals surface area contributed by atoms with Crippen molar-refractivity contribution in [3.63, 3.8) is 0 Å². The minimum absolute atomic E-state index is 0.0728. The summed E-state index contributed by atoms with van der Waals surface area (Å²) in [6.45, 7) is 0.346. The lowest BCUT2D eigenvalue weighted by Crippen LogP contribution is -2.22. The van der Waals surface area contributed by atoms with Crippen LogP contribution in [0.1, 0.15) is 16.1 Å². The predicted molar refractivity (Wildman–Crippen MR) is 92.3 cm³/mol. The van der Waals surface area contributed by atoms with Gasteiger partial charge >= 0.3 is 0 Å². The molecule has 9 heteroatoms. The normalized spacial score (nSPS) is 12.0. The van der Waals surface area contributed by atoms with Crippen molar-refractivity contribution < 1.29 is 23.7 Å². The van der Waals surface area contributed by atoms with Crippen molar-refractivity contribution in [1.82, 2.24) is 10.5 Å². The van der Waals surface area contributed by atoms with Gasteiger partial charge in [0.1, 0.15) is 5.69 Å². The zero-order valence-electron chi connectivity index (χ0n) is 13.9. The summed E-state index contributed by atoms with van der Waals surface area (Å²) in [4.78, 5) is 22.3. The first-order valence-electron chi connectivity index (χ1n) is 7.98. The molecule has 0 aliphatic carbocycles. The number of amides is 1. The van der Waals surface area contributed by atoms with Crippen molar-refractivity contribution in [2.24, 2.45) is 0 Å². The third-order valence-corrected chi connectivity index (χ3v) is 3.99. The third kappa shape index (κ3) is 3.43. The van der Waals surface area contributed by atoms with E-state index in [2.05, 4.69) is 10.5 Å². The summed E-state index contributed by atoms with van der Waals surface area (Å²) in [6.07, 6.45) is 0. The molecule has 3 aromatic rings. The Kier molecular flexibility index (Phi) is 4.17. The van der Waals surface area contributed by atoms with Gasteiger partial charge in [-0.15, -0.1) is 0 Å². The molecule has 1 aliphatic heterocycles. The van der Waals surface area contributed by atoms with Crippen molar-refractivity contribution in [2.75, 3.05) is 6.79 Å². The number of aromatic nitrogens is 1. The number of ether oxygens (including phenoxy) is 2. The van der Waals surface area contributed by atoms with Gasteiger partial charge in [0, 0.05) is 29.3 Å². The molecule has 1 amide bonds. The van der Waals surface area contributed by atoms with Crippen molar-refractivity contribution in [1.29, 1.82) is 0 Å². The molecule has 0 saturated carbocycles. The molecule has 2 aromatic carbocycles. The van der Waals surface area contributed by atoms with Crippen molar-refractivity contribution >= 4 is 11.6 Å². The smallest absolute Gasteiger partial charge is 0.269 e. The first-order chi connectivity index (χ1) is 13.1. The Morgan fingerprint density at radius 1 is 1.11 bits per heavy atom. The van der Waals surface area contributed by atoms with Crippen molar-refractivity contribution in [2.45, 2.75) is 6.54 Å². The number of nitrogens with zero attached hydrogens (tertiary/aromatic N) is 2. The van der Waals surface area contributed by atoms with E-state index in [1.165, 1.54) is 24.3 Å². The van der Waals surface area contributed by atoms with Crippen LogP contribution >= 0.6 is 0 Å². The monoisotopic (exact) mass is 367 g/mol. The Bertz CT molecular complexity index is 1010. The lowest BCUT2D eigenvalue weighted by molar-refractivity contribution is -0.384. The second-order valence-corrected chi connectivity index (χ2v) is 5.74. The molecular weight excluding hydrogens is 354 g/mol. The van der Waals surface area contributed by atoms with Crippen molar-refractivity contribution in [3.8, 4) is 22.8 Å². The van der Waals surface area contributed by atoms with Crippen LogP contribution < -0.4 is 14.8 Å². The molecule has 2 heterocycles. The molecular formula is C18H13N3O6. The van der Waals surface area contributed by atoms with E-state index in [0.29, 0.717) is 28.5 Å². The molecule has 0 spiro atoms. The maximum atomic E-state index is 12.1. The van der Waals surface area contributed by atoms with E-state index in [4.69, 9.17) is 14.0 Å². The van der Waals surface area contributed by atoms with Gasteiger partial charge in [0.2, 0.25) is 6.79 Å². The van der Waals surface area contributed by atoms with Crippen LogP contribution in [0.5, 0.6) is 11.5 Å². The van der Waals surface area contributed by atoms with Crippen LogP contribution in [0.2, 0.25) is 0 Å². The number of non-ortho nitro benzene ring substituents is 1. The SMILES string of the molecule is O=C(NCc1cc(-c2ccc3c(c2)OCO3)on1)c1ccc([N+](=O)[O-])cc1. The minimum atomic E-state index is -0.519. The Balaban J connectivity index is 1.40. The molecule has 4 rings (SSSR count). The van der Waals surface area contributed by atoms with Gasteiger partial charge < -0.3 is 19.3 Å². The van der Waals surface area contributed by atoms with E-state index in [9.17, 15) is 14.9 Å². The maximum absolute atomic E-state index is 12.1. The number of benzene rings is 2. The number of carbonyl (C=O) groups is 1. The van der Waals surface area contributed by atoms with Crippen LogP contribution in [-0.2, 0) is 6.54 Å². The summed E-state index contributed by atoms with van der Waals surface area (Å²) in [5, 5.41) is 17.3. The predicted octanol–water partition coefficient (Wildman–Crippen LogP) is 2.91. The number of fused-ring (bicyclic) bond motifs is 1. The van der Waals surface area contributed by atoms with Gasteiger partial charge in [0.25, 0.3) is 11.6 Å². The Morgan fingerprint density at radius 2 is 1.89 bits per heavy atom. The van der Waals surface area contributed by atoms with Gasteiger partial charge in [0.05, 0.1) is 11.5 Å². The standard InChI is InChI=1S/C18H13N3O6/c22-18(11-1-4-14(5-2-11)21(23)24)19-9-13-8-16(27-20-13)12-3-6-15-17(7-12)26-10-25-15/h1-8H,9-10H2,(H,19,22). The molecule has 0 bridgehead atoms. The number of rotatable bonds is 5. The van der Waals surface area contributed by atoms with Crippen LogP contribution in [-0.4, -0.2) is 22.8 Å². The largest absolute Gasteiger partial charge is 0.454 e. The first-order valence-corrected chi connectivity index (χ1v) is 7.98. The van der Waals surface area contributed by atoms with Gasteiger partial charge in [-0.1, -0.05) is 5.16 Å². The zero-order chi connectivity index (χ0) is 18.8. The number of hydrogen-bond donors (Lipinski definition) is 1. The maximum Gasteiger partial charge on any atom is 0.269 e. The van der Waals surface area contributed by atoms with Crippen LogP contribution in [0, 0.1) is 10.1 Å². The molecule has 1 aliphatic rings. The Hall–Kier alpha value is -3.88. The summed E-state index contributed by atoms with van der Waals surface area (Å²) in [5.41, 5.74) is 1.56. The van der Waals surface area contributed by atoms with E-state index in [1.54, 1.807) is 18.2 Å². The number of nitro groups is 1. The van der Waals surface area contributed by atoms with Gasteiger partial charge in [-0.25, -0.2) is 0 Å². The molecule has 0 atom stereocenters. The highest BCUT2D eigenvalue weighted by atomic mass is 16.7. The molecule has 0 unspecified atom stereocenters. The van der Waals surface area contributed by atoms with E-state index in [1.807, 2.05) is 6.07 Å². The van der Waals surface area contributed by atoms with E-state index in [0.717, 1.165) is 5.56 Å². The van der Waals surface area contributed by atoms with Crippen LogP contribution in [0.15, 0.2) is 53.1 Å². The fourth-order valence-electron chi connectivity index (χ4n) is 2.59. The van der Waals surface area contributed by atoms with Gasteiger partial charge in [0.15, 0.2) is 17.3 Å². The quantitative estimate of drug-likeness (QED) is 0.544. The fourth-order valence-corrected chi connectivity index (χ4v) is 2.59. The zero-order valence-corrected chi connectivity index (χ0v) is 13.9. The van der Waals surface area contributed by atoms with Crippen molar-refractivity contribution in [3.05, 3.63) is 69.9 Å². The second kappa shape index (κ2) is 6.79. The molecule has 136 valence electrons. The average molecular weight is 367 g/mol. The van der Waals surface area contributed by atoms with Gasteiger partial charge in [-0.05, 0) is 30.3 Å². The fraction of sp³-hybridized carbons (Fsp3) is 0.111. The molecule has 1 aromatic heterocycles. The average Bonchev–Trinajstić information content (AvgIpc) is 3.34. The topological polar surface area (TPSA) is 117 Å². The van der Waals surface area contributed by atoms with Gasteiger partial charge in [-0.2, -0.15) is 0 Å². The number of carbonyl (C=O) groups excluding carboxylic acids is 1. The van der Waals surface area contributed by atoms with E-state index in [-0.39, 0.29) is 24.9 Å². The minimum Gasteiger partial charge on any atom is -0.454 e. The third-order valence-electron chi connectivity index (χ3n) is 3.99. The molecule has 9 nitrogen and oxygen atoms in total. The highest BCUT2D eigenvalue weighted by Gasteiger charge is 2.16. The summed E-state index contributed by atoms with van der Waals surface area (Å²) in [7, 11) is 0. The lowest BCUT2D eigenvalue weighted by atomic mass is 10.1. The number of hydrogen-bond acceptors (Lipinski definition) is 7. The summed E-state index contributed by atoms with van der Waals surface area (Å²) in [6, 6.07) is 12.5. The molecule has 27 heavy (non-hydrogen) atoms. The highest BCUT2D eigenvalue weighted by Crippen LogP contribution is 2.36. The first kappa shape index (κ1) is 16.6. The number of nitro benzene ring substituents is 1.